The van der Waals surface area contributed by atoms with Gasteiger partial charge in [-0.1, -0.05) is 0 Å². The second kappa shape index (κ2) is 6.92. The van der Waals surface area contributed by atoms with Crippen molar-refractivity contribution in [3.63, 3.8) is 0 Å². The lowest BCUT2D eigenvalue weighted by molar-refractivity contribution is -0.123. The zero-order valence-electron chi connectivity index (χ0n) is 11.2. The molecule has 0 saturated carbocycles. The van der Waals surface area contributed by atoms with Gasteiger partial charge in [-0.3, -0.25) is 9.69 Å². The number of nitrogens with two attached hydrogens (primary N) is 1. The molecule has 0 bridgehead atoms. The van der Waals surface area contributed by atoms with Crippen molar-refractivity contribution in [1.82, 2.24) is 15.2 Å². The number of rotatable bonds is 4. The summed E-state index contributed by atoms with van der Waals surface area (Å²) in [4.78, 5) is 18.7. The Hall–Kier alpha value is -0.850. The number of aromatic nitrogens is 1. The molecule has 0 aliphatic rings. The standard InChI is InChI=1S/C11H20N4OS.ClH/c1-11(2,3)14-9(16)7-15(4)6-8-5-13-10(12)17-8;/h5H,6-7H2,1-4H3,(H2,12,13)(H,14,16);1H. The summed E-state index contributed by atoms with van der Waals surface area (Å²) >= 11 is 1.45. The van der Waals surface area contributed by atoms with Crippen molar-refractivity contribution in [2.45, 2.75) is 32.9 Å². The summed E-state index contributed by atoms with van der Waals surface area (Å²) in [5.74, 6) is 0.0255. The minimum Gasteiger partial charge on any atom is -0.375 e. The van der Waals surface area contributed by atoms with Gasteiger partial charge in [-0.15, -0.1) is 23.7 Å². The molecule has 0 radical (unpaired) electrons. The fourth-order valence-corrected chi connectivity index (χ4v) is 2.18. The molecule has 0 saturated heterocycles. The van der Waals surface area contributed by atoms with Crippen LogP contribution in [0.25, 0.3) is 0 Å². The zero-order valence-corrected chi connectivity index (χ0v) is 12.8. The molecule has 3 N–H and O–H groups in total. The molecule has 1 aromatic heterocycles. The molecule has 1 rings (SSSR count). The number of nitrogens with one attached hydrogen (secondary N) is 1. The summed E-state index contributed by atoms with van der Waals surface area (Å²) in [5, 5.41) is 3.49. The Balaban J connectivity index is 0.00000289. The van der Waals surface area contributed by atoms with Gasteiger partial charge >= 0.3 is 0 Å². The van der Waals surface area contributed by atoms with Gasteiger partial charge in [0.25, 0.3) is 0 Å². The highest BCUT2D eigenvalue weighted by atomic mass is 35.5. The first-order valence-electron chi connectivity index (χ1n) is 5.46. The number of nitrogen functional groups attached to an aromatic ring is 1. The number of likely N-dealkylation sites (N-methyl/N-ethyl adjacent to an activating group) is 1. The maximum atomic E-state index is 11.7. The highest BCUT2D eigenvalue weighted by molar-refractivity contribution is 7.15. The van der Waals surface area contributed by atoms with Crippen LogP contribution in [0.1, 0.15) is 25.6 Å². The Labute approximate surface area is 118 Å². The molecular formula is C11H21ClN4OS. The Bertz CT molecular complexity index is 389. The normalized spacial score (nSPS) is 11.2. The second-order valence-corrected chi connectivity index (χ2v) is 6.28. The van der Waals surface area contributed by atoms with Crippen LogP contribution in [0.2, 0.25) is 0 Å². The van der Waals surface area contributed by atoms with Crippen molar-refractivity contribution in [2.75, 3.05) is 19.3 Å². The molecule has 18 heavy (non-hydrogen) atoms. The average Bonchev–Trinajstić information content (AvgIpc) is 2.46. The van der Waals surface area contributed by atoms with Gasteiger partial charge < -0.3 is 11.1 Å². The van der Waals surface area contributed by atoms with E-state index in [9.17, 15) is 4.79 Å². The first-order chi connectivity index (χ1) is 7.76. The fourth-order valence-electron chi connectivity index (χ4n) is 1.42. The monoisotopic (exact) mass is 292 g/mol. The van der Waals surface area contributed by atoms with E-state index in [2.05, 4.69) is 10.3 Å². The van der Waals surface area contributed by atoms with Crippen LogP contribution in [0, 0.1) is 0 Å². The topological polar surface area (TPSA) is 71.2 Å². The second-order valence-electron chi connectivity index (χ2n) is 5.14. The third-order valence-electron chi connectivity index (χ3n) is 1.93. The van der Waals surface area contributed by atoms with Crippen LogP contribution < -0.4 is 11.1 Å². The molecule has 5 nitrogen and oxygen atoms in total. The third-order valence-corrected chi connectivity index (χ3v) is 2.74. The van der Waals surface area contributed by atoms with Crippen molar-refractivity contribution in [3.8, 4) is 0 Å². The number of amides is 1. The predicted octanol–water partition coefficient (Wildman–Crippen LogP) is 1.49. The highest BCUT2D eigenvalue weighted by Gasteiger charge is 2.15. The van der Waals surface area contributed by atoms with Gasteiger partial charge in [-0.05, 0) is 27.8 Å². The van der Waals surface area contributed by atoms with E-state index >= 15 is 0 Å². The van der Waals surface area contributed by atoms with E-state index in [0.29, 0.717) is 18.2 Å². The first-order valence-corrected chi connectivity index (χ1v) is 6.27. The lowest BCUT2D eigenvalue weighted by atomic mass is 10.1. The largest absolute Gasteiger partial charge is 0.375 e. The highest BCUT2D eigenvalue weighted by Crippen LogP contribution is 2.15. The number of nitrogens with zero attached hydrogens (tertiary/aromatic N) is 2. The van der Waals surface area contributed by atoms with Crippen LogP contribution in [-0.4, -0.2) is 34.9 Å². The predicted molar refractivity (Wildman–Crippen MR) is 78.0 cm³/mol. The molecule has 7 heteroatoms. The van der Waals surface area contributed by atoms with Crippen LogP contribution in [0.3, 0.4) is 0 Å². The zero-order chi connectivity index (χ0) is 13.1. The fraction of sp³-hybridized carbons (Fsp3) is 0.636. The van der Waals surface area contributed by atoms with Gasteiger partial charge in [0, 0.05) is 23.2 Å². The van der Waals surface area contributed by atoms with Gasteiger partial charge in [-0.25, -0.2) is 4.98 Å². The molecule has 0 aromatic carbocycles. The number of carbonyl (C=O) groups is 1. The van der Waals surface area contributed by atoms with E-state index in [1.54, 1.807) is 6.20 Å². The lowest BCUT2D eigenvalue weighted by Gasteiger charge is -2.23. The minimum absolute atomic E-state index is 0. The Morgan fingerprint density at radius 3 is 2.61 bits per heavy atom. The van der Waals surface area contributed by atoms with Crippen molar-refractivity contribution in [3.05, 3.63) is 11.1 Å². The van der Waals surface area contributed by atoms with Crippen molar-refractivity contribution < 1.29 is 4.79 Å². The summed E-state index contributed by atoms with van der Waals surface area (Å²) in [6.07, 6.45) is 1.75. The van der Waals surface area contributed by atoms with Gasteiger partial charge in [0.2, 0.25) is 5.91 Å². The van der Waals surface area contributed by atoms with E-state index in [4.69, 9.17) is 5.73 Å². The van der Waals surface area contributed by atoms with E-state index in [1.165, 1.54) is 11.3 Å². The van der Waals surface area contributed by atoms with Crippen LogP contribution >= 0.6 is 23.7 Å². The third kappa shape index (κ3) is 6.78. The van der Waals surface area contributed by atoms with Crippen molar-refractivity contribution in [2.24, 2.45) is 0 Å². The molecule has 104 valence electrons. The van der Waals surface area contributed by atoms with E-state index in [-0.39, 0.29) is 23.9 Å². The molecule has 1 amide bonds. The molecule has 1 heterocycles. The lowest BCUT2D eigenvalue weighted by Crippen LogP contribution is -2.45. The van der Waals surface area contributed by atoms with E-state index in [0.717, 1.165) is 4.88 Å². The van der Waals surface area contributed by atoms with Gasteiger partial charge in [0.05, 0.1) is 6.54 Å². The number of anilines is 1. The molecule has 0 aliphatic heterocycles. The quantitative estimate of drug-likeness (QED) is 0.882. The van der Waals surface area contributed by atoms with Crippen LogP contribution in [0.4, 0.5) is 5.13 Å². The molecule has 0 aliphatic carbocycles. The molecule has 0 spiro atoms. The van der Waals surface area contributed by atoms with Gasteiger partial charge in [0.1, 0.15) is 0 Å². The molecule has 0 unspecified atom stereocenters. The summed E-state index contributed by atoms with van der Waals surface area (Å²) in [6.45, 7) is 6.96. The van der Waals surface area contributed by atoms with Crippen LogP contribution in [0.5, 0.6) is 0 Å². The smallest absolute Gasteiger partial charge is 0.234 e. The maximum Gasteiger partial charge on any atom is 0.234 e. The first kappa shape index (κ1) is 17.2. The Morgan fingerprint density at radius 2 is 2.17 bits per heavy atom. The summed E-state index contributed by atoms with van der Waals surface area (Å²) in [5.41, 5.74) is 5.36. The SMILES string of the molecule is CN(CC(=O)NC(C)(C)C)Cc1cnc(N)s1.Cl. The number of hydrogen-bond donors (Lipinski definition) is 2. The minimum atomic E-state index is -0.188. The van der Waals surface area contributed by atoms with Crippen molar-refractivity contribution >= 4 is 34.8 Å². The maximum absolute atomic E-state index is 11.7. The number of thiazole rings is 1. The number of carbonyl (C=O) groups excluding carboxylic acids is 1. The van der Waals surface area contributed by atoms with E-state index in [1.807, 2.05) is 32.7 Å². The number of halogens is 1. The molecular weight excluding hydrogens is 272 g/mol. The van der Waals surface area contributed by atoms with Crippen molar-refractivity contribution in [1.29, 1.82) is 0 Å². The molecule has 0 fully saturated rings. The van der Waals surface area contributed by atoms with Gasteiger partial charge in [-0.2, -0.15) is 0 Å². The van der Waals surface area contributed by atoms with Crippen LogP contribution in [-0.2, 0) is 11.3 Å². The summed E-state index contributed by atoms with van der Waals surface area (Å²) < 4.78 is 0. The molecule has 1 aromatic rings. The number of hydrogen-bond acceptors (Lipinski definition) is 5. The van der Waals surface area contributed by atoms with E-state index < -0.39 is 0 Å². The summed E-state index contributed by atoms with van der Waals surface area (Å²) in [6, 6.07) is 0. The molecule has 0 atom stereocenters. The Morgan fingerprint density at radius 1 is 1.56 bits per heavy atom. The van der Waals surface area contributed by atoms with Crippen LogP contribution in [0.15, 0.2) is 6.20 Å². The summed E-state index contributed by atoms with van der Waals surface area (Å²) in [7, 11) is 1.90. The average molecular weight is 293 g/mol. The Kier molecular flexibility index (Phi) is 6.59. The van der Waals surface area contributed by atoms with Gasteiger partial charge in [0.15, 0.2) is 5.13 Å².